The summed E-state index contributed by atoms with van der Waals surface area (Å²) in [4.78, 5) is 17.3. The summed E-state index contributed by atoms with van der Waals surface area (Å²) in [6, 6.07) is 7.04. The number of methoxy groups -OCH3 is 1. The molecule has 0 unspecified atom stereocenters. The van der Waals surface area contributed by atoms with Crippen molar-refractivity contribution >= 4 is 5.78 Å². The maximum atomic E-state index is 12.1. The molecule has 1 aromatic rings. The lowest BCUT2D eigenvalue weighted by molar-refractivity contribution is -0.113. The Balaban J connectivity index is 2.13. The number of hydrogen-bond acceptors (Lipinski definition) is 5. The number of rotatable bonds is 4. The van der Waals surface area contributed by atoms with Gasteiger partial charge in [-0.1, -0.05) is 0 Å². The van der Waals surface area contributed by atoms with Gasteiger partial charge < -0.3 is 10.1 Å². The summed E-state index contributed by atoms with van der Waals surface area (Å²) in [7, 11) is 3.19. The van der Waals surface area contributed by atoms with E-state index in [9.17, 15) is 4.79 Å². The molecule has 1 N–H and O–H groups in total. The molecule has 0 aliphatic carbocycles. The highest BCUT2D eigenvalue weighted by atomic mass is 16.7. The van der Waals surface area contributed by atoms with Crippen LogP contribution in [0.15, 0.2) is 36.2 Å². The first-order valence-electron chi connectivity index (χ1n) is 6.20. The molecule has 0 bridgehead atoms. The van der Waals surface area contributed by atoms with Crippen molar-refractivity contribution in [2.45, 2.75) is 6.42 Å². The lowest BCUT2D eigenvalue weighted by atomic mass is 10.1. The number of ketones is 1. The zero-order valence-corrected chi connectivity index (χ0v) is 11.2. The van der Waals surface area contributed by atoms with Crippen LogP contribution in [-0.2, 0) is 4.84 Å². The average molecular weight is 262 g/mol. The van der Waals surface area contributed by atoms with Crippen LogP contribution in [0.25, 0.3) is 0 Å². The molecule has 5 heteroatoms. The van der Waals surface area contributed by atoms with Gasteiger partial charge in [-0.15, -0.1) is 0 Å². The molecular weight excluding hydrogens is 244 g/mol. The van der Waals surface area contributed by atoms with E-state index in [-0.39, 0.29) is 5.78 Å². The fourth-order valence-electron chi connectivity index (χ4n) is 1.92. The molecule has 0 saturated carbocycles. The van der Waals surface area contributed by atoms with E-state index in [4.69, 9.17) is 9.57 Å². The summed E-state index contributed by atoms with van der Waals surface area (Å²) in [5, 5.41) is 4.85. The minimum Gasteiger partial charge on any atom is -0.497 e. The Kier molecular flexibility index (Phi) is 4.41. The topological polar surface area (TPSA) is 50.8 Å². The highest BCUT2D eigenvalue weighted by molar-refractivity contribution is 6.04. The second-order valence-electron chi connectivity index (χ2n) is 4.19. The van der Waals surface area contributed by atoms with E-state index < -0.39 is 0 Å². The second kappa shape index (κ2) is 6.24. The van der Waals surface area contributed by atoms with Crippen molar-refractivity contribution < 1.29 is 14.4 Å². The third-order valence-electron chi connectivity index (χ3n) is 2.98. The maximum absolute atomic E-state index is 12.1. The number of carbonyl (C=O) groups is 1. The Morgan fingerprint density at radius 2 is 2.05 bits per heavy atom. The van der Waals surface area contributed by atoms with Crippen molar-refractivity contribution in [2.75, 3.05) is 27.3 Å². The molecule has 0 aromatic heterocycles. The minimum absolute atomic E-state index is 0.0610. The van der Waals surface area contributed by atoms with Crippen molar-refractivity contribution in [1.82, 2.24) is 10.4 Å². The van der Waals surface area contributed by atoms with E-state index >= 15 is 0 Å². The van der Waals surface area contributed by atoms with E-state index in [2.05, 4.69) is 5.32 Å². The number of allylic oxidation sites excluding steroid dienone is 1. The third-order valence-corrected chi connectivity index (χ3v) is 2.98. The summed E-state index contributed by atoms with van der Waals surface area (Å²) in [5.41, 5.74) is 0.622. The number of hydroxylamine groups is 2. The zero-order valence-electron chi connectivity index (χ0n) is 11.2. The number of carbonyl (C=O) groups excluding carboxylic acids is 1. The Morgan fingerprint density at radius 1 is 1.32 bits per heavy atom. The molecule has 1 aliphatic heterocycles. The van der Waals surface area contributed by atoms with Crippen LogP contribution in [0.2, 0.25) is 0 Å². The standard InChI is InChI=1S/C14H18N2O3/c1-18-12-6-4-11(5-7-12)13(17)10-14-15-8-3-9-16(14)19-2/h4-7,10,15H,3,8-9H2,1-2H3/b14-10+. The molecule has 1 saturated heterocycles. The quantitative estimate of drug-likeness (QED) is 0.659. The van der Waals surface area contributed by atoms with E-state index in [0.717, 1.165) is 25.3 Å². The van der Waals surface area contributed by atoms with Gasteiger partial charge in [-0.3, -0.25) is 9.63 Å². The van der Waals surface area contributed by atoms with Crippen molar-refractivity contribution in [3.05, 3.63) is 41.7 Å². The van der Waals surface area contributed by atoms with Crippen LogP contribution in [0.1, 0.15) is 16.8 Å². The zero-order chi connectivity index (χ0) is 13.7. The smallest absolute Gasteiger partial charge is 0.189 e. The maximum Gasteiger partial charge on any atom is 0.189 e. The molecule has 1 aromatic carbocycles. The van der Waals surface area contributed by atoms with Crippen molar-refractivity contribution in [3.8, 4) is 5.75 Å². The highest BCUT2D eigenvalue weighted by Gasteiger charge is 2.15. The van der Waals surface area contributed by atoms with Gasteiger partial charge in [-0.2, -0.15) is 0 Å². The minimum atomic E-state index is -0.0610. The number of nitrogens with one attached hydrogen (secondary N) is 1. The predicted molar refractivity (Wildman–Crippen MR) is 71.7 cm³/mol. The van der Waals surface area contributed by atoms with E-state index in [1.165, 1.54) is 0 Å². The fourth-order valence-corrected chi connectivity index (χ4v) is 1.92. The van der Waals surface area contributed by atoms with Gasteiger partial charge >= 0.3 is 0 Å². The lowest BCUT2D eigenvalue weighted by Crippen LogP contribution is -2.39. The summed E-state index contributed by atoms with van der Waals surface area (Å²) >= 11 is 0. The molecule has 102 valence electrons. The van der Waals surface area contributed by atoms with Crippen LogP contribution in [-0.4, -0.2) is 38.2 Å². The summed E-state index contributed by atoms with van der Waals surface area (Å²) < 4.78 is 5.07. The van der Waals surface area contributed by atoms with Gasteiger partial charge in [0, 0.05) is 24.7 Å². The number of benzene rings is 1. The van der Waals surface area contributed by atoms with Crippen molar-refractivity contribution in [2.24, 2.45) is 0 Å². The molecule has 2 rings (SSSR count). The largest absolute Gasteiger partial charge is 0.497 e. The van der Waals surface area contributed by atoms with Crippen LogP contribution in [0, 0.1) is 0 Å². The van der Waals surface area contributed by atoms with Crippen LogP contribution in [0.3, 0.4) is 0 Å². The SMILES string of the molecule is COc1ccc(C(=O)/C=C2\NCCCN2OC)cc1. The molecule has 0 amide bonds. The Labute approximate surface area is 112 Å². The molecule has 0 atom stereocenters. The molecule has 5 nitrogen and oxygen atoms in total. The van der Waals surface area contributed by atoms with Crippen LogP contribution >= 0.6 is 0 Å². The van der Waals surface area contributed by atoms with Gasteiger partial charge in [0.2, 0.25) is 0 Å². The van der Waals surface area contributed by atoms with Crippen LogP contribution in [0.5, 0.6) is 5.75 Å². The number of nitrogens with zero attached hydrogens (tertiary/aromatic N) is 1. The molecule has 1 fully saturated rings. The summed E-state index contributed by atoms with van der Waals surface area (Å²) in [6.45, 7) is 1.63. The average Bonchev–Trinajstić information content (AvgIpc) is 2.48. The molecule has 1 heterocycles. The van der Waals surface area contributed by atoms with Gasteiger partial charge in [-0.25, -0.2) is 5.06 Å². The van der Waals surface area contributed by atoms with E-state index in [1.807, 2.05) is 0 Å². The lowest BCUT2D eigenvalue weighted by Gasteiger charge is -2.29. The van der Waals surface area contributed by atoms with Gasteiger partial charge in [0.15, 0.2) is 5.78 Å². The van der Waals surface area contributed by atoms with Crippen molar-refractivity contribution in [3.63, 3.8) is 0 Å². The normalized spacial score (nSPS) is 17.2. The van der Waals surface area contributed by atoms with Crippen LogP contribution < -0.4 is 10.1 Å². The fraction of sp³-hybridized carbons (Fsp3) is 0.357. The summed E-state index contributed by atoms with van der Waals surface area (Å²) in [6.07, 6.45) is 2.55. The molecule has 1 aliphatic rings. The number of ether oxygens (including phenoxy) is 1. The molecule has 19 heavy (non-hydrogen) atoms. The number of hydrogen-bond donors (Lipinski definition) is 1. The Hall–Kier alpha value is -2.01. The first-order chi connectivity index (χ1) is 9.24. The van der Waals surface area contributed by atoms with Gasteiger partial charge in [-0.05, 0) is 30.7 Å². The molecule has 0 spiro atoms. The van der Waals surface area contributed by atoms with E-state index in [1.54, 1.807) is 49.6 Å². The highest BCUT2D eigenvalue weighted by Crippen LogP contribution is 2.14. The molecule has 0 radical (unpaired) electrons. The monoisotopic (exact) mass is 262 g/mol. The Bertz CT molecular complexity index is 468. The second-order valence-corrected chi connectivity index (χ2v) is 4.19. The summed E-state index contributed by atoms with van der Waals surface area (Å²) in [5.74, 6) is 1.38. The van der Waals surface area contributed by atoms with Gasteiger partial charge in [0.05, 0.1) is 14.2 Å². The molecular formula is C14H18N2O3. The van der Waals surface area contributed by atoms with Gasteiger partial charge in [0.1, 0.15) is 11.6 Å². The third kappa shape index (κ3) is 3.26. The van der Waals surface area contributed by atoms with Crippen LogP contribution in [0.4, 0.5) is 0 Å². The first kappa shape index (κ1) is 13.4. The first-order valence-corrected chi connectivity index (χ1v) is 6.20. The predicted octanol–water partition coefficient (Wildman–Crippen LogP) is 1.58. The Morgan fingerprint density at radius 3 is 2.68 bits per heavy atom. The van der Waals surface area contributed by atoms with Gasteiger partial charge in [0.25, 0.3) is 0 Å². The van der Waals surface area contributed by atoms with Crippen molar-refractivity contribution in [1.29, 1.82) is 0 Å². The van der Waals surface area contributed by atoms with E-state index in [0.29, 0.717) is 11.4 Å².